The van der Waals surface area contributed by atoms with E-state index in [0.717, 1.165) is 0 Å². The number of pyridine rings is 1. The number of aliphatic hydroxyl groups excluding tert-OH is 1. The van der Waals surface area contributed by atoms with Crippen molar-refractivity contribution in [2.45, 2.75) is 25.8 Å². The van der Waals surface area contributed by atoms with Crippen molar-refractivity contribution in [3.8, 4) is 0 Å². The third kappa shape index (κ3) is 2.01. The molecule has 0 aliphatic heterocycles. The average molecular weight is 222 g/mol. The van der Waals surface area contributed by atoms with Crippen LogP contribution in [0.15, 0.2) is 6.20 Å². The molecule has 0 amide bonds. The number of hydrogen-bond acceptors (Lipinski definition) is 2. The lowest BCUT2D eigenvalue weighted by molar-refractivity contribution is 0.146. The molecule has 78 valence electrons. The van der Waals surface area contributed by atoms with Gasteiger partial charge in [-0.3, -0.25) is 4.98 Å². The fourth-order valence-corrected chi connectivity index (χ4v) is 1.50. The summed E-state index contributed by atoms with van der Waals surface area (Å²) in [4.78, 5) is 3.89. The summed E-state index contributed by atoms with van der Waals surface area (Å²) in [7, 11) is 0. The molecule has 2 nitrogen and oxygen atoms in total. The molecule has 1 N–H and O–H groups in total. The molecule has 0 unspecified atom stereocenters. The number of halogens is 3. The molecule has 0 atom stereocenters. The zero-order valence-corrected chi connectivity index (χ0v) is 8.35. The Kier molecular flexibility index (Phi) is 3.77. The highest BCUT2D eigenvalue weighted by molar-refractivity contribution is 6.17. The molecule has 0 bridgehead atoms. The summed E-state index contributed by atoms with van der Waals surface area (Å²) in [5.74, 6) is -0.0278. The smallest absolute Gasteiger partial charge is 0.264 e. The Bertz CT molecular complexity index is 331. The Morgan fingerprint density at radius 1 is 1.57 bits per heavy atom. The largest absolute Gasteiger partial charge is 0.392 e. The monoisotopic (exact) mass is 221 g/mol. The number of hydrogen-bond donors (Lipinski definition) is 1. The van der Waals surface area contributed by atoms with Crippen LogP contribution in [0.2, 0.25) is 0 Å². The van der Waals surface area contributed by atoms with Crippen LogP contribution in [0.25, 0.3) is 0 Å². The van der Waals surface area contributed by atoms with Crippen molar-refractivity contribution in [1.82, 2.24) is 4.98 Å². The summed E-state index contributed by atoms with van der Waals surface area (Å²) in [6, 6.07) is 0. The van der Waals surface area contributed by atoms with Gasteiger partial charge in [0.1, 0.15) is 0 Å². The molecule has 14 heavy (non-hydrogen) atoms. The summed E-state index contributed by atoms with van der Waals surface area (Å²) >= 11 is 5.50. The molecule has 5 heteroatoms. The zero-order valence-electron chi connectivity index (χ0n) is 7.60. The number of alkyl halides is 3. The quantitative estimate of drug-likeness (QED) is 0.796. The van der Waals surface area contributed by atoms with Crippen molar-refractivity contribution in [3.05, 3.63) is 28.6 Å². The van der Waals surface area contributed by atoms with Gasteiger partial charge >= 0.3 is 0 Å². The maximum absolute atomic E-state index is 12.6. The number of aryl methyl sites for hydroxylation is 1. The van der Waals surface area contributed by atoms with E-state index in [4.69, 9.17) is 16.7 Å². The van der Waals surface area contributed by atoms with Crippen LogP contribution in [0.5, 0.6) is 0 Å². The highest BCUT2D eigenvalue weighted by Crippen LogP contribution is 2.28. The summed E-state index contributed by atoms with van der Waals surface area (Å²) in [6.45, 7) is 1.14. The van der Waals surface area contributed by atoms with Crippen LogP contribution in [0, 0.1) is 6.92 Å². The van der Waals surface area contributed by atoms with Crippen LogP contribution < -0.4 is 0 Å². The van der Waals surface area contributed by atoms with Crippen molar-refractivity contribution in [2.24, 2.45) is 0 Å². The number of aliphatic hydroxyl groups is 1. The fourth-order valence-electron chi connectivity index (χ4n) is 1.29. The molecule has 1 aromatic heterocycles. The second kappa shape index (κ2) is 4.66. The zero-order chi connectivity index (χ0) is 10.7. The van der Waals surface area contributed by atoms with E-state index in [1.54, 1.807) is 6.92 Å². The van der Waals surface area contributed by atoms with Gasteiger partial charge < -0.3 is 5.11 Å². The average Bonchev–Trinajstić information content (AvgIpc) is 2.17. The molecule has 0 radical (unpaired) electrons. The van der Waals surface area contributed by atoms with Crippen LogP contribution in [0.3, 0.4) is 0 Å². The normalized spacial score (nSPS) is 11.0. The third-order valence-corrected chi connectivity index (χ3v) is 2.33. The van der Waals surface area contributed by atoms with Crippen molar-refractivity contribution in [2.75, 3.05) is 0 Å². The molecule has 0 aromatic carbocycles. The van der Waals surface area contributed by atoms with Gasteiger partial charge in [0.2, 0.25) is 0 Å². The standard InChI is InChI=1S/C9H10ClF2NO/c1-5-7(4-14)8(9(11)12)6(2-10)3-13-5/h3,9,14H,2,4H2,1H3. The molecule has 1 rings (SSSR count). The Hall–Kier alpha value is -0.740. The second-order valence-corrected chi connectivity index (χ2v) is 3.12. The molecule has 0 saturated heterocycles. The first-order valence-corrected chi connectivity index (χ1v) is 4.57. The lowest BCUT2D eigenvalue weighted by atomic mass is 10.0. The summed E-state index contributed by atoms with van der Waals surface area (Å²) in [5.41, 5.74) is 0.682. The minimum Gasteiger partial charge on any atom is -0.392 e. The molecule has 0 aliphatic carbocycles. The first-order valence-electron chi connectivity index (χ1n) is 4.04. The Morgan fingerprint density at radius 3 is 2.64 bits per heavy atom. The topological polar surface area (TPSA) is 33.1 Å². The van der Waals surface area contributed by atoms with Gasteiger partial charge in [-0.25, -0.2) is 8.78 Å². The molecular formula is C9H10ClF2NO. The van der Waals surface area contributed by atoms with Gasteiger partial charge in [0, 0.05) is 28.9 Å². The molecule has 1 heterocycles. The van der Waals surface area contributed by atoms with Crippen LogP contribution in [0.4, 0.5) is 8.78 Å². The van der Waals surface area contributed by atoms with Crippen molar-refractivity contribution < 1.29 is 13.9 Å². The molecule has 1 aromatic rings. The predicted octanol–water partition coefficient (Wildman–Crippen LogP) is 2.56. The highest BCUT2D eigenvalue weighted by Gasteiger charge is 2.19. The minimum absolute atomic E-state index is 0.0278. The summed E-state index contributed by atoms with van der Waals surface area (Å²) in [5, 5.41) is 8.95. The van der Waals surface area contributed by atoms with E-state index in [1.165, 1.54) is 6.20 Å². The first kappa shape index (κ1) is 11.3. The third-order valence-electron chi connectivity index (χ3n) is 2.04. The van der Waals surface area contributed by atoms with Gasteiger partial charge in [0.05, 0.1) is 6.61 Å². The van der Waals surface area contributed by atoms with Crippen LogP contribution in [0.1, 0.15) is 28.8 Å². The Labute approximate surface area is 85.5 Å². The highest BCUT2D eigenvalue weighted by atomic mass is 35.5. The van der Waals surface area contributed by atoms with Crippen molar-refractivity contribution in [3.63, 3.8) is 0 Å². The van der Waals surface area contributed by atoms with E-state index >= 15 is 0 Å². The SMILES string of the molecule is Cc1ncc(CCl)c(C(F)F)c1CO. The second-order valence-electron chi connectivity index (χ2n) is 2.85. The van der Waals surface area contributed by atoms with E-state index in [0.29, 0.717) is 5.69 Å². The van der Waals surface area contributed by atoms with Gasteiger partial charge in [-0.15, -0.1) is 11.6 Å². The maximum Gasteiger partial charge on any atom is 0.264 e. The van der Waals surface area contributed by atoms with Gasteiger partial charge in [0.15, 0.2) is 0 Å². The molecule has 0 spiro atoms. The fraction of sp³-hybridized carbons (Fsp3) is 0.444. The number of aromatic nitrogens is 1. The van der Waals surface area contributed by atoms with Gasteiger partial charge in [-0.1, -0.05) is 0 Å². The minimum atomic E-state index is -2.63. The van der Waals surface area contributed by atoms with Gasteiger partial charge in [-0.2, -0.15) is 0 Å². The Morgan fingerprint density at radius 2 is 2.21 bits per heavy atom. The Balaban J connectivity index is 3.36. The van der Waals surface area contributed by atoms with Crippen LogP contribution in [-0.4, -0.2) is 10.1 Å². The van der Waals surface area contributed by atoms with E-state index < -0.39 is 13.0 Å². The number of nitrogens with zero attached hydrogens (tertiary/aromatic N) is 1. The lowest BCUT2D eigenvalue weighted by Crippen LogP contribution is -2.04. The number of rotatable bonds is 3. The van der Waals surface area contributed by atoms with Gasteiger partial charge in [0.25, 0.3) is 6.43 Å². The van der Waals surface area contributed by atoms with E-state index in [-0.39, 0.29) is 22.6 Å². The maximum atomic E-state index is 12.6. The van der Waals surface area contributed by atoms with Crippen LogP contribution in [-0.2, 0) is 12.5 Å². The summed E-state index contributed by atoms with van der Waals surface area (Å²) in [6.07, 6.45) is -1.31. The van der Waals surface area contributed by atoms with Gasteiger partial charge in [-0.05, 0) is 12.5 Å². The lowest BCUT2D eigenvalue weighted by Gasteiger charge is -2.12. The van der Waals surface area contributed by atoms with Crippen molar-refractivity contribution >= 4 is 11.6 Å². The first-order chi connectivity index (χ1) is 6.61. The van der Waals surface area contributed by atoms with Crippen molar-refractivity contribution in [1.29, 1.82) is 0 Å². The van der Waals surface area contributed by atoms with E-state index in [9.17, 15) is 8.78 Å². The van der Waals surface area contributed by atoms with E-state index in [2.05, 4.69) is 4.98 Å². The molecule has 0 aliphatic rings. The van der Waals surface area contributed by atoms with E-state index in [1.807, 2.05) is 0 Å². The van der Waals surface area contributed by atoms with Crippen LogP contribution >= 0.6 is 11.6 Å². The predicted molar refractivity (Wildman–Crippen MR) is 49.4 cm³/mol. The molecule has 0 saturated carbocycles. The molecular weight excluding hydrogens is 212 g/mol. The molecule has 0 fully saturated rings. The summed E-state index contributed by atoms with van der Waals surface area (Å²) < 4.78 is 25.3.